The quantitative estimate of drug-likeness (QED) is 0.467. The number of aliphatic hydroxyl groups is 1. The fourth-order valence-corrected chi connectivity index (χ4v) is 2.02. The third-order valence-corrected chi connectivity index (χ3v) is 2.89. The van der Waals surface area contributed by atoms with Crippen LogP contribution in [0.3, 0.4) is 0 Å². The van der Waals surface area contributed by atoms with Crippen molar-refractivity contribution in [2.24, 2.45) is 5.84 Å². The molecular weight excluding hydrogens is 238 g/mol. The average Bonchev–Trinajstić information content (AvgIpc) is 2.90. The van der Waals surface area contributed by atoms with Crippen LogP contribution < -0.4 is 16.6 Å². The van der Waals surface area contributed by atoms with Crippen LogP contribution in [0.15, 0.2) is 29.1 Å². The van der Waals surface area contributed by atoms with E-state index in [1.807, 2.05) is 16.8 Å². The predicted octanol–water partition coefficient (Wildman–Crippen LogP) is 0.969. The molecule has 0 aliphatic carbocycles. The molecule has 0 aromatic carbocycles. The van der Waals surface area contributed by atoms with Crippen molar-refractivity contribution in [3.8, 4) is 0 Å². The Balaban J connectivity index is 1.93. The molecule has 2 aromatic rings. The number of nitrogens with one attached hydrogen (secondary N) is 2. The van der Waals surface area contributed by atoms with Crippen molar-refractivity contribution in [2.75, 3.05) is 17.3 Å². The fourth-order valence-electron chi connectivity index (χ4n) is 1.31. The maximum atomic E-state index is 9.86. The van der Waals surface area contributed by atoms with E-state index in [-0.39, 0.29) is 0 Å². The van der Waals surface area contributed by atoms with Crippen LogP contribution in [0, 0.1) is 0 Å². The normalized spacial score (nSPS) is 12.1. The highest BCUT2D eigenvalue weighted by Gasteiger charge is 2.07. The number of rotatable bonds is 5. The summed E-state index contributed by atoms with van der Waals surface area (Å²) in [7, 11) is 0. The van der Waals surface area contributed by atoms with Crippen LogP contribution in [0.25, 0.3) is 0 Å². The molecule has 0 saturated carbocycles. The Labute approximate surface area is 103 Å². The molecule has 0 aliphatic rings. The molecule has 0 amide bonds. The van der Waals surface area contributed by atoms with Gasteiger partial charge in [0.25, 0.3) is 0 Å². The zero-order valence-corrected chi connectivity index (χ0v) is 9.81. The van der Waals surface area contributed by atoms with Gasteiger partial charge in [0, 0.05) is 12.7 Å². The number of aromatic nitrogens is 2. The van der Waals surface area contributed by atoms with E-state index in [0.717, 1.165) is 5.56 Å². The van der Waals surface area contributed by atoms with Gasteiger partial charge in [-0.3, -0.25) is 5.43 Å². The van der Waals surface area contributed by atoms with Gasteiger partial charge in [0.2, 0.25) is 5.95 Å². The molecule has 2 aromatic heterocycles. The summed E-state index contributed by atoms with van der Waals surface area (Å²) in [4.78, 5) is 7.96. The van der Waals surface area contributed by atoms with Gasteiger partial charge in [-0.25, -0.2) is 10.8 Å². The number of anilines is 2. The molecule has 0 radical (unpaired) electrons. The second-order valence-electron chi connectivity index (χ2n) is 3.36. The minimum absolute atomic E-state index is 0.333. The van der Waals surface area contributed by atoms with Crippen molar-refractivity contribution in [1.29, 1.82) is 0 Å². The number of nitrogens with zero attached hydrogens (tertiary/aromatic N) is 2. The van der Waals surface area contributed by atoms with Crippen molar-refractivity contribution >= 4 is 23.1 Å². The summed E-state index contributed by atoms with van der Waals surface area (Å²) in [5.41, 5.74) is 3.26. The summed E-state index contributed by atoms with van der Waals surface area (Å²) < 4.78 is 0. The number of nitrogens with two attached hydrogens (primary N) is 1. The first-order valence-electron chi connectivity index (χ1n) is 5.03. The highest BCUT2D eigenvalue weighted by Crippen LogP contribution is 2.16. The molecule has 0 bridgehead atoms. The van der Waals surface area contributed by atoms with Gasteiger partial charge in [-0.15, -0.1) is 0 Å². The van der Waals surface area contributed by atoms with E-state index >= 15 is 0 Å². The Morgan fingerprint density at radius 1 is 1.47 bits per heavy atom. The maximum absolute atomic E-state index is 9.86. The largest absolute Gasteiger partial charge is 0.387 e. The lowest BCUT2D eigenvalue weighted by atomic mass is 10.2. The summed E-state index contributed by atoms with van der Waals surface area (Å²) in [6, 6.07) is 3.60. The van der Waals surface area contributed by atoms with E-state index in [4.69, 9.17) is 5.84 Å². The Morgan fingerprint density at radius 2 is 2.35 bits per heavy atom. The third kappa shape index (κ3) is 3.13. The highest BCUT2D eigenvalue weighted by atomic mass is 32.1. The van der Waals surface area contributed by atoms with Crippen LogP contribution in [0.1, 0.15) is 11.7 Å². The van der Waals surface area contributed by atoms with Crippen LogP contribution in [-0.4, -0.2) is 21.6 Å². The van der Waals surface area contributed by atoms with E-state index in [1.54, 1.807) is 23.6 Å². The topological polar surface area (TPSA) is 96.1 Å². The first kappa shape index (κ1) is 11.8. The monoisotopic (exact) mass is 251 g/mol. The number of hydrogen-bond donors (Lipinski definition) is 4. The number of hydrogen-bond acceptors (Lipinski definition) is 7. The van der Waals surface area contributed by atoms with Gasteiger partial charge in [0.15, 0.2) is 0 Å². The summed E-state index contributed by atoms with van der Waals surface area (Å²) in [6.07, 6.45) is 1.03. The molecule has 1 unspecified atom stereocenters. The van der Waals surface area contributed by atoms with Crippen LogP contribution in [-0.2, 0) is 0 Å². The van der Waals surface area contributed by atoms with Gasteiger partial charge in [-0.1, -0.05) is 0 Å². The molecule has 5 N–H and O–H groups in total. The Hall–Kier alpha value is -1.70. The minimum Gasteiger partial charge on any atom is -0.387 e. The first-order valence-corrected chi connectivity index (χ1v) is 5.97. The summed E-state index contributed by atoms with van der Waals surface area (Å²) in [5, 5.41) is 16.7. The van der Waals surface area contributed by atoms with Crippen LogP contribution in [0.5, 0.6) is 0 Å². The Morgan fingerprint density at radius 3 is 3.06 bits per heavy atom. The smallest absolute Gasteiger partial charge is 0.239 e. The molecule has 0 aliphatic heterocycles. The molecule has 0 fully saturated rings. The van der Waals surface area contributed by atoms with Crippen molar-refractivity contribution < 1.29 is 5.11 Å². The van der Waals surface area contributed by atoms with Crippen LogP contribution in [0.2, 0.25) is 0 Å². The number of nitrogen functional groups attached to an aromatic ring is 1. The van der Waals surface area contributed by atoms with E-state index in [0.29, 0.717) is 18.3 Å². The van der Waals surface area contributed by atoms with Gasteiger partial charge in [0.05, 0.1) is 6.10 Å². The molecule has 0 saturated heterocycles. The van der Waals surface area contributed by atoms with E-state index < -0.39 is 6.10 Å². The molecule has 6 nitrogen and oxygen atoms in total. The van der Waals surface area contributed by atoms with Crippen molar-refractivity contribution in [3.63, 3.8) is 0 Å². The second-order valence-corrected chi connectivity index (χ2v) is 4.14. The molecule has 90 valence electrons. The second kappa shape index (κ2) is 5.58. The van der Waals surface area contributed by atoms with E-state index in [9.17, 15) is 5.11 Å². The lowest BCUT2D eigenvalue weighted by Crippen LogP contribution is -2.14. The summed E-state index contributed by atoms with van der Waals surface area (Å²) in [5.74, 6) is 6.15. The van der Waals surface area contributed by atoms with Crippen LogP contribution in [0.4, 0.5) is 11.8 Å². The lowest BCUT2D eigenvalue weighted by molar-refractivity contribution is 0.192. The molecule has 1 atom stereocenters. The Kier molecular flexibility index (Phi) is 3.86. The highest BCUT2D eigenvalue weighted by molar-refractivity contribution is 7.07. The van der Waals surface area contributed by atoms with Crippen LogP contribution >= 0.6 is 11.3 Å². The van der Waals surface area contributed by atoms with Gasteiger partial charge < -0.3 is 10.4 Å². The third-order valence-electron chi connectivity index (χ3n) is 2.19. The van der Waals surface area contributed by atoms with Gasteiger partial charge in [-0.05, 0) is 28.5 Å². The zero-order valence-electron chi connectivity index (χ0n) is 9.00. The molecule has 0 spiro atoms. The zero-order chi connectivity index (χ0) is 12.1. The van der Waals surface area contributed by atoms with E-state index in [1.165, 1.54) is 0 Å². The van der Waals surface area contributed by atoms with Crippen molar-refractivity contribution in [3.05, 3.63) is 34.7 Å². The first-order chi connectivity index (χ1) is 8.29. The van der Waals surface area contributed by atoms with Crippen molar-refractivity contribution in [2.45, 2.75) is 6.10 Å². The number of hydrazine groups is 1. The summed E-state index contributed by atoms with van der Waals surface area (Å²) >= 11 is 1.56. The Bertz CT molecular complexity index is 461. The molecule has 2 rings (SSSR count). The maximum Gasteiger partial charge on any atom is 0.239 e. The molecule has 17 heavy (non-hydrogen) atoms. The molecule has 7 heteroatoms. The fraction of sp³-hybridized carbons (Fsp3) is 0.200. The average molecular weight is 251 g/mol. The van der Waals surface area contributed by atoms with Gasteiger partial charge >= 0.3 is 0 Å². The van der Waals surface area contributed by atoms with E-state index in [2.05, 4.69) is 20.7 Å². The number of aliphatic hydroxyl groups excluding tert-OH is 1. The van der Waals surface area contributed by atoms with Crippen molar-refractivity contribution in [1.82, 2.24) is 9.97 Å². The minimum atomic E-state index is -0.550. The predicted molar refractivity (Wildman–Crippen MR) is 67.6 cm³/mol. The molecule has 2 heterocycles. The number of thiophene rings is 1. The standard InChI is InChI=1S/C10H13N5OS/c11-15-10-12-3-1-9(14-10)13-5-8(16)7-2-4-17-6-7/h1-4,6,8,16H,5,11H2,(H2,12,13,14,15). The van der Waals surface area contributed by atoms with Gasteiger partial charge in [0.1, 0.15) is 5.82 Å². The molecular formula is C10H13N5OS. The lowest BCUT2D eigenvalue weighted by Gasteiger charge is -2.11. The SMILES string of the molecule is NNc1nccc(NCC(O)c2ccsc2)n1. The van der Waals surface area contributed by atoms with Gasteiger partial charge in [-0.2, -0.15) is 16.3 Å². The summed E-state index contributed by atoms with van der Waals surface area (Å²) in [6.45, 7) is 0.387.